The summed E-state index contributed by atoms with van der Waals surface area (Å²) in [6.07, 6.45) is 1.02. The molecular formula is C6H10N4O2S. The molecule has 0 unspecified atom stereocenters. The minimum absolute atomic E-state index is 0.125. The van der Waals surface area contributed by atoms with Gasteiger partial charge in [0.2, 0.25) is 10.0 Å². The summed E-state index contributed by atoms with van der Waals surface area (Å²) in [4.78, 5) is 3.73. The van der Waals surface area contributed by atoms with E-state index in [9.17, 15) is 8.42 Å². The Morgan fingerprint density at radius 3 is 2.46 bits per heavy atom. The lowest BCUT2D eigenvalue weighted by Crippen LogP contribution is -2.11. The standard InChI is InChI=1S/C6H10N4O2S/c1-13(11,12)10-6-3-4(7)2-5(8)9-6/h2-3H,1H3,(H5,7,8,9,10). The zero-order valence-corrected chi connectivity index (χ0v) is 7.80. The Bertz CT molecular complexity index is 394. The van der Waals surface area contributed by atoms with E-state index in [1.165, 1.54) is 12.1 Å². The maximum absolute atomic E-state index is 10.8. The third-order valence-corrected chi connectivity index (χ3v) is 1.74. The number of rotatable bonds is 2. The van der Waals surface area contributed by atoms with E-state index in [0.717, 1.165) is 6.26 Å². The Balaban J connectivity index is 3.03. The molecule has 1 aromatic heterocycles. The normalized spacial score (nSPS) is 11.2. The molecule has 0 radical (unpaired) electrons. The van der Waals surface area contributed by atoms with Gasteiger partial charge < -0.3 is 11.5 Å². The summed E-state index contributed by atoms with van der Waals surface area (Å²) in [5.74, 6) is 0.297. The van der Waals surface area contributed by atoms with Crippen molar-refractivity contribution < 1.29 is 8.42 Å². The van der Waals surface area contributed by atoms with Crippen LogP contribution in [0.1, 0.15) is 0 Å². The summed E-state index contributed by atoms with van der Waals surface area (Å²) in [6.45, 7) is 0. The van der Waals surface area contributed by atoms with Crippen LogP contribution in [0.2, 0.25) is 0 Å². The Morgan fingerprint density at radius 2 is 2.00 bits per heavy atom. The molecule has 1 heterocycles. The molecule has 5 N–H and O–H groups in total. The summed E-state index contributed by atoms with van der Waals surface area (Å²) in [5.41, 5.74) is 11.1. The molecule has 0 bridgehead atoms. The van der Waals surface area contributed by atoms with Crippen LogP contribution in [-0.4, -0.2) is 19.7 Å². The first-order chi connectivity index (χ1) is 5.87. The van der Waals surface area contributed by atoms with Crippen molar-refractivity contribution in [2.75, 3.05) is 22.4 Å². The second-order valence-electron chi connectivity index (χ2n) is 2.58. The minimum atomic E-state index is -3.33. The predicted octanol–water partition coefficient (Wildman–Crippen LogP) is -0.383. The summed E-state index contributed by atoms with van der Waals surface area (Å²) in [7, 11) is -3.33. The Hall–Kier alpha value is -1.50. The molecule has 0 saturated carbocycles. The van der Waals surface area contributed by atoms with Crippen molar-refractivity contribution in [3.05, 3.63) is 12.1 Å². The van der Waals surface area contributed by atoms with Gasteiger partial charge in [-0.25, -0.2) is 13.4 Å². The molecule has 0 amide bonds. The van der Waals surface area contributed by atoms with Crippen LogP contribution in [0.4, 0.5) is 17.3 Å². The molecule has 0 aliphatic heterocycles. The molecule has 0 atom stereocenters. The highest BCUT2D eigenvalue weighted by Gasteiger charge is 2.03. The summed E-state index contributed by atoms with van der Waals surface area (Å²) < 4.78 is 23.7. The lowest BCUT2D eigenvalue weighted by Gasteiger charge is -2.04. The smallest absolute Gasteiger partial charge is 0.230 e. The highest BCUT2D eigenvalue weighted by molar-refractivity contribution is 7.92. The molecule has 6 nitrogen and oxygen atoms in total. The van der Waals surface area contributed by atoms with Crippen molar-refractivity contribution in [3.63, 3.8) is 0 Å². The number of hydrogen-bond donors (Lipinski definition) is 3. The van der Waals surface area contributed by atoms with Crippen molar-refractivity contribution in [2.45, 2.75) is 0 Å². The highest BCUT2D eigenvalue weighted by Crippen LogP contribution is 2.13. The maximum atomic E-state index is 10.8. The van der Waals surface area contributed by atoms with Crippen LogP contribution in [0.25, 0.3) is 0 Å². The van der Waals surface area contributed by atoms with Gasteiger partial charge in [-0.2, -0.15) is 0 Å². The highest BCUT2D eigenvalue weighted by atomic mass is 32.2. The molecule has 0 aromatic carbocycles. The molecule has 13 heavy (non-hydrogen) atoms. The molecule has 0 spiro atoms. The monoisotopic (exact) mass is 202 g/mol. The number of nitrogens with zero attached hydrogens (tertiary/aromatic N) is 1. The van der Waals surface area contributed by atoms with Crippen LogP contribution in [0.3, 0.4) is 0 Å². The van der Waals surface area contributed by atoms with E-state index < -0.39 is 10.0 Å². The number of nitrogen functional groups attached to an aromatic ring is 2. The first-order valence-corrected chi connectivity index (χ1v) is 5.27. The average molecular weight is 202 g/mol. The topological polar surface area (TPSA) is 111 Å². The van der Waals surface area contributed by atoms with Gasteiger partial charge in [-0.15, -0.1) is 0 Å². The van der Waals surface area contributed by atoms with Crippen molar-refractivity contribution in [3.8, 4) is 0 Å². The second-order valence-corrected chi connectivity index (χ2v) is 4.33. The van der Waals surface area contributed by atoms with Gasteiger partial charge in [-0.3, -0.25) is 4.72 Å². The van der Waals surface area contributed by atoms with Gasteiger partial charge in [0, 0.05) is 17.8 Å². The SMILES string of the molecule is CS(=O)(=O)Nc1cc(N)cc(N)n1. The van der Waals surface area contributed by atoms with Crippen LogP contribution in [-0.2, 0) is 10.0 Å². The first kappa shape index (κ1) is 9.59. The average Bonchev–Trinajstić information content (AvgIpc) is 1.78. The van der Waals surface area contributed by atoms with Gasteiger partial charge in [0.05, 0.1) is 6.26 Å². The van der Waals surface area contributed by atoms with E-state index in [1.54, 1.807) is 0 Å². The Morgan fingerprint density at radius 1 is 1.38 bits per heavy atom. The third-order valence-electron chi connectivity index (χ3n) is 1.16. The fourth-order valence-corrected chi connectivity index (χ4v) is 1.30. The zero-order valence-electron chi connectivity index (χ0n) is 6.98. The van der Waals surface area contributed by atoms with E-state index in [0.29, 0.717) is 5.69 Å². The number of aromatic nitrogens is 1. The van der Waals surface area contributed by atoms with E-state index in [1.807, 2.05) is 0 Å². The summed E-state index contributed by atoms with van der Waals surface area (Å²) >= 11 is 0. The summed E-state index contributed by atoms with van der Waals surface area (Å²) in [6, 6.07) is 2.82. The molecule has 72 valence electrons. The fraction of sp³-hybridized carbons (Fsp3) is 0.167. The van der Waals surface area contributed by atoms with Gasteiger partial charge in [-0.1, -0.05) is 0 Å². The lowest BCUT2D eigenvalue weighted by atomic mass is 10.4. The van der Waals surface area contributed by atoms with E-state index in [2.05, 4.69) is 9.71 Å². The fourth-order valence-electron chi connectivity index (χ4n) is 0.816. The molecule has 0 aliphatic rings. The first-order valence-electron chi connectivity index (χ1n) is 3.37. The van der Waals surface area contributed by atoms with E-state index in [-0.39, 0.29) is 11.6 Å². The van der Waals surface area contributed by atoms with Gasteiger partial charge in [-0.05, 0) is 0 Å². The van der Waals surface area contributed by atoms with Crippen molar-refractivity contribution in [2.24, 2.45) is 0 Å². The number of hydrogen-bond acceptors (Lipinski definition) is 5. The van der Waals surface area contributed by atoms with Gasteiger partial charge in [0.1, 0.15) is 11.6 Å². The van der Waals surface area contributed by atoms with Crippen LogP contribution in [0.5, 0.6) is 0 Å². The second kappa shape index (κ2) is 3.09. The Kier molecular flexibility index (Phi) is 2.28. The number of anilines is 3. The molecule has 0 aliphatic carbocycles. The molecular weight excluding hydrogens is 192 g/mol. The van der Waals surface area contributed by atoms with Crippen molar-refractivity contribution in [1.29, 1.82) is 0 Å². The lowest BCUT2D eigenvalue weighted by molar-refractivity contribution is 0.606. The zero-order chi connectivity index (χ0) is 10.1. The number of pyridine rings is 1. The van der Waals surface area contributed by atoms with Crippen LogP contribution >= 0.6 is 0 Å². The van der Waals surface area contributed by atoms with Crippen molar-refractivity contribution in [1.82, 2.24) is 4.98 Å². The third kappa shape index (κ3) is 3.16. The predicted molar refractivity (Wildman–Crippen MR) is 51.5 cm³/mol. The van der Waals surface area contributed by atoms with E-state index >= 15 is 0 Å². The Labute approximate surface area is 76.0 Å². The molecule has 7 heteroatoms. The van der Waals surface area contributed by atoms with Crippen LogP contribution in [0, 0.1) is 0 Å². The van der Waals surface area contributed by atoms with Crippen molar-refractivity contribution >= 4 is 27.3 Å². The number of nitrogens with two attached hydrogens (primary N) is 2. The molecule has 1 aromatic rings. The van der Waals surface area contributed by atoms with E-state index in [4.69, 9.17) is 11.5 Å². The van der Waals surface area contributed by atoms with Gasteiger partial charge >= 0.3 is 0 Å². The molecule has 1 rings (SSSR count). The number of sulfonamides is 1. The molecule has 0 saturated heterocycles. The minimum Gasteiger partial charge on any atom is -0.399 e. The van der Waals surface area contributed by atoms with Crippen LogP contribution < -0.4 is 16.2 Å². The summed E-state index contributed by atoms with van der Waals surface area (Å²) in [5, 5.41) is 0. The quantitative estimate of drug-likeness (QED) is 0.605. The van der Waals surface area contributed by atoms with Crippen LogP contribution in [0.15, 0.2) is 12.1 Å². The number of nitrogens with one attached hydrogen (secondary N) is 1. The largest absolute Gasteiger partial charge is 0.399 e. The maximum Gasteiger partial charge on any atom is 0.230 e. The van der Waals surface area contributed by atoms with Gasteiger partial charge in [0.15, 0.2) is 0 Å². The van der Waals surface area contributed by atoms with Gasteiger partial charge in [0.25, 0.3) is 0 Å². The molecule has 0 fully saturated rings.